The third-order valence-electron chi connectivity index (χ3n) is 3.78. The average molecular weight is 289 g/mol. The molecule has 0 amide bonds. The quantitative estimate of drug-likeness (QED) is 0.938. The second-order valence-electron chi connectivity index (χ2n) is 5.19. The first-order valence-corrected chi connectivity index (χ1v) is 7.10. The number of pyridine rings is 1. The second-order valence-corrected chi connectivity index (χ2v) is 5.19. The summed E-state index contributed by atoms with van der Waals surface area (Å²) in [6.45, 7) is 1.71. The molecule has 0 aliphatic carbocycles. The Bertz CT molecular complexity index is 596. The lowest BCUT2D eigenvalue weighted by Gasteiger charge is -2.33. The minimum atomic E-state index is -0.814. The van der Waals surface area contributed by atoms with E-state index in [0.29, 0.717) is 0 Å². The van der Waals surface area contributed by atoms with Gasteiger partial charge in [-0.2, -0.15) is 0 Å². The topological polar surface area (TPSA) is 28.2 Å². The lowest BCUT2D eigenvalue weighted by atomic mass is 10.0. The molecular weight excluding hydrogens is 272 g/mol. The Labute approximate surface area is 122 Å². The first-order chi connectivity index (χ1) is 10.2. The number of nitrogens with zero attached hydrogens (tertiary/aromatic N) is 2. The monoisotopic (exact) mass is 289 g/mol. The molecule has 0 saturated carbocycles. The molecule has 0 unspecified atom stereocenters. The first kappa shape index (κ1) is 13.8. The van der Waals surface area contributed by atoms with Crippen LogP contribution < -0.4 is 10.2 Å². The van der Waals surface area contributed by atoms with Gasteiger partial charge in [0.1, 0.15) is 5.82 Å². The number of anilines is 2. The maximum atomic E-state index is 13.6. The number of nitrogens with one attached hydrogen (secondary N) is 1. The Kier molecular flexibility index (Phi) is 3.99. The molecule has 1 aliphatic rings. The van der Waals surface area contributed by atoms with Gasteiger partial charge in [0.25, 0.3) is 0 Å². The molecular formula is C16H17F2N3. The van der Waals surface area contributed by atoms with Gasteiger partial charge in [0.05, 0.1) is 5.69 Å². The van der Waals surface area contributed by atoms with Gasteiger partial charge in [0, 0.05) is 25.3 Å². The molecule has 1 saturated heterocycles. The summed E-state index contributed by atoms with van der Waals surface area (Å²) >= 11 is 0. The summed E-state index contributed by atoms with van der Waals surface area (Å²) in [6.07, 6.45) is 3.51. The van der Waals surface area contributed by atoms with Crippen molar-refractivity contribution in [1.29, 1.82) is 0 Å². The Balaban J connectivity index is 1.60. The van der Waals surface area contributed by atoms with Gasteiger partial charge >= 0.3 is 0 Å². The third-order valence-corrected chi connectivity index (χ3v) is 3.78. The van der Waals surface area contributed by atoms with Crippen LogP contribution in [-0.4, -0.2) is 24.1 Å². The molecule has 2 heterocycles. The summed E-state index contributed by atoms with van der Waals surface area (Å²) in [6, 6.07) is 10.2. The molecule has 3 nitrogen and oxygen atoms in total. The highest BCUT2D eigenvalue weighted by atomic mass is 19.2. The maximum absolute atomic E-state index is 13.6. The summed E-state index contributed by atoms with van der Waals surface area (Å²) in [5, 5.41) is 3.10. The summed E-state index contributed by atoms with van der Waals surface area (Å²) in [4.78, 5) is 6.54. The SMILES string of the molecule is Fc1cccc(NC2CCN(c3ccccn3)CC2)c1F. The molecule has 21 heavy (non-hydrogen) atoms. The summed E-state index contributed by atoms with van der Waals surface area (Å²) in [5.41, 5.74) is 0.242. The van der Waals surface area contributed by atoms with Crippen molar-refractivity contribution in [3.05, 3.63) is 54.2 Å². The van der Waals surface area contributed by atoms with Gasteiger partial charge in [-0.05, 0) is 37.1 Å². The summed E-state index contributed by atoms with van der Waals surface area (Å²) in [7, 11) is 0. The predicted octanol–water partition coefficient (Wildman–Crippen LogP) is 3.44. The van der Waals surface area contributed by atoms with E-state index in [1.165, 1.54) is 6.07 Å². The molecule has 3 rings (SSSR count). The Hall–Kier alpha value is -2.17. The van der Waals surface area contributed by atoms with E-state index in [0.717, 1.165) is 37.8 Å². The predicted molar refractivity (Wildman–Crippen MR) is 79.5 cm³/mol. The number of rotatable bonds is 3. The number of halogens is 2. The van der Waals surface area contributed by atoms with Crippen molar-refractivity contribution in [3.63, 3.8) is 0 Å². The van der Waals surface area contributed by atoms with Crippen molar-refractivity contribution < 1.29 is 8.78 Å². The lowest BCUT2D eigenvalue weighted by molar-refractivity contribution is 0.497. The Morgan fingerprint density at radius 2 is 1.86 bits per heavy atom. The van der Waals surface area contributed by atoms with Crippen LogP contribution in [-0.2, 0) is 0 Å². The van der Waals surface area contributed by atoms with Crippen LogP contribution in [0.5, 0.6) is 0 Å². The van der Waals surface area contributed by atoms with Crippen molar-refractivity contribution in [2.45, 2.75) is 18.9 Å². The van der Waals surface area contributed by atoms with Crippen molar-refractivity contribution in [3.8, 4) is 0 Å². The Morgan fingerprint density at radius 1 is 1.05 bits per heavy atom. The maximum Gasteiger partial charge on any atom is 0.181 e. The fourth-order valence-electron chi connectivity index (χ4n) is 2.63. The minimum Gasteiger partial charge on any atom is -0.380 e. The van der Waals surface area contributed by atoms with Crippen molar-refractivity contribution >= 4 is 11.5 Å². The number of piperidine rings is 1. The van der Waals surface area contributed by atoms with Crippen LogP contribution in [0.15, 0.2) is 42.6 Å². The van der Waals surface area contributed by atoms with E-state index in [9.17, 15) is 8.78 Å². The molecule has 0 radical (unpaired) electrons. The molecule has 2 aromatic rings. The van der Waals surface area contributed by atoms with Crippen LogP contribution in [0.4, 0.5) is 20.3 Å². The standard InChI is InChI=1S/C16H17F2N3/c17-13-4-3-5-14(16(13)18)20-12-7-10-21(11-8-12)15-6-1-2-9-19-15/h1-6,9,12,20H,7-8,10-11H2. The highest BCUT2D eigenvalue weighted by Crippen LogP contribution is 2.22. The van der Waals surface area contributed by atoms with Gasteiger partial charge < -0.3 is 10.2 Å². The van der Waals surface area contributed by atoms with Gasteiger partial charge in [0.2, 0.25) is 0 Å². The number of hydrogen-bond acceptors (Lipinski definition) is 3. The zero-order chi connectivity index (χ0) is 14.7. The largest absolute Gasteiger partial charge is 0.380 e. The van der Waals surface area contributed by atoms with E-state index in [-0.39, 0.29) is 11.7 Å². The van der Waals surface area contributed by atoms with Crippen molar-refractivity contribution in [2.24, 2.45) is 0 Å². The highest BCUT2D eigenvalue weighted by Gasteiger charge is 2.21. The minimum absolute atomic E-state index is 0.154. The van der Waals surface area contributed by atoms with Gasteiger partial charge in [-0.25, -0.2) is 13.8 Å². The van der Waals surface area contributed by atoms with Crippen LogP contribution in [0.3, 0.4) is 0 Å². The zero-order valence-electron chi connectivity index (χ0n) is 11.6. The second kappa shape index (κ2) is 6.08. The smallest absolute Gasteiger partial charge is 0.181 e. The molecule has 1 N–H and O–H groups in total. The molecule has 1 aromatic carbocycles. The molecule has 0 atom stereocenters. The van der Waals surface area contributed by atoms with Gasteiger partial charge in [-0.1, -0.05) is 12.1 Å². The van der Waals surface area contributed by atoms with Crippen LogP contribution in [0.1, 0.15) is 12.8 Å². The van der Waals surface area contributed by atoms with E-state index in [4.69, 9.17) is 0 Å². The van der Waals surface area contributed by atoms with Gasteiger partial charge in [-0.3, -0.25) is 0 Å². The molecule has 110 valence electrons. The Morgan fingerprint density at radius 3 is 2.57 bits per heavy atom. The summed E-state index contributed by atoms with van der Waals surface area (Å²) in [5.74, 6) is -0.650. The summed E-state index contributed by atoms with van der Waals surface area (Å²) < 4.78 is 26.8. The molecule has 1 aromatic heterocycles. The normalized spacial score (nSPS) is 16.0. The fraction of sp³-hybridized carbons (Fsp3) is 0.312. The molecule has 5 heteroatoms. The molecule has 0 bridgehead atoms. The van der Waals surface area contributed by atoms with Gasteiger partial charge in [0.15, 0.2) is 11.6 Å². The molecule has 0 spiro atoms. The van der Waals surface area contributed by atoms with E-state index in [1.54, 1.807) is 12.3 Å². The van der Waals surface area contributed by atoms with Gasteiger partial charge in [-0.15, -0.1) is 0 Å². The van der Waals surface area contributed by atoms with Crippen molar-refractivity contribution in [2.75, 3.05) is 23.3 Å². The van der Waals surface area contributed by atoms with Crippen molar-refractivity contribution in [1.82, 2.24) is 4.98 Å². The highest BCUT2D eigenvalue weighted by molar-refractivity contribution is 5.46. The van der Waals surface area contributed by atoms with Crippen LogP contribution in [0, 0.1) is 11.6 Å². The van der Waals surface area contributed by atoms with Crippen LogP contribution >= 0.6 is 0 Å². The molecule has 1 fully saturated rings. The van der Waals surface area contributed by atoms with E-state index >= 15 is 0 Å². The number of benzene rings is 1. The van der Waals surface area contributed by atoms with Crippen LogP contribution in [0.25, 0.3) is 0 Å². The van der Waals surface area contributed by atoms with Crippen LogP contribution in [0.2, 0.25) is 0 Å². The molecule has 1 aliphatic heterocycles. The van der Waals surface area contributed by atoms with E-state index < -0.39 is 11.6 Å². The zero-order valence-corrected chi connectivity index (χ0v) is 11.6. The number of hydrogen-bond donors (Lipinski definition) is 1. The average Bonchev–Trinajstić information content (AvgIpc) is 2.53. The third kappa shape index (κ3) is 3.12. The first-order valence-electron chi connectivity index (χ1n) is 7.10. The number of aromatic nitrogens is 1. The van der Waals surface area contributed by atoms with E-state index in [1.807, 2.05) is 18.2 Å². The lowest BCUT2D eigenvalue weighted by Crippen LogP contribution is -2.39. The fourth-order valence-corrected chi connectivity index (χ4v) is 2.63. The van der Waals surface area contributed by atoms with E-state index in [2.05, 4.69) is 15.2 Å².